The second-order valence-corrected chi connectivity index (χ2v) is 7.84. The fraction of sp³-hybridized carbons (Fsp3) is 0.455. The molecule has 0 spiro atoms. The third kappa shape index (κ3) is 4.37. The number of nitro benzene ring substituents is 1. The van der Waals surface area contributed by atoms with Crippen molar-refractivity contribution in [2.75, 3.05) is 6.16 Å². The summed E-state index contributed by atoms with van der Waals surface area (Å²) < 4.78 is 11.3. The van der Waals surface area contributed by atoms with E-state index in [0.717, 1.165) is 0 Å². The topological polar surface area (TPSA) is 61.6 Å². The molecule has 18 heavy (non-hydrogen) atoms. The highest BCUT2D eigenvalue weighted by molar-refractivity contribution is 8.10. The molecule has 0 aliphatic carbocycles. The van der Waals surface area contributed by atoms with Crippen molar-refractivity contribution in [2.24, 2.45) is 0 Å². The Bertz CT molecular complexity index is 461. The molecule has 0 N–H and O–H groups in total. The highest BCUT2D eigenvalue weighted by Crippen LogP contribution is 2.49. The van der Waals surface area contributed by atoms with E-state index in [1.54, 1.807) is 12.1 Å². The molecule has 0 saturated heterocycles. The molecule has 0 bridgehead atoms. The predicted octanol–water partition coefficient (Wildman–Crippen LogP) is 3.73. The summed E-state index contributed by atoms with van der Waals surface area (Å²) >= 11 is 5.38. The van der Waals surface area contributed by atoms with Gasteiger partial charge in [0.1, 0.15) is 5.75 Å². The van der Waals surface area contributed by atoms with Gasteiger partial charge in [0.15, 0.2) is 0 Å². The van der Waals surface area contributed by atoms with Crippen molar-refractivity contribution in [1.82, 2.24) is 0 Å². The van der Waals surface area contributed by atoms with Gasteiger partial charge < -0.3 is 9.05 Å². The van der Waals surface area contributed by atoms with Crippen LogP contribution in [0.1, 0.15) is 20.8 Å². The quantitative estimate of drug-likeness (QED) is 0.453. The van der Waals surface area contributed by atoms with E-state index in [4.69, 9.17) is 20.9 Å². The normalized spacial score (nSPS) is 14.2. The lowest BCUT2D eigenvalue weighted by Gasteiger charge is -2.23. The molecule has 7 heteroatoms. The third-order valence-corrected chi connectivity index (χ3v) is 5.31. The van der Waals surface area contributed by atoms with Gasteiger partial charge in [-0.25, -0.2) is 0 Å². The van der Waals surface area contributed by atoms with Crippen LogP contribution in [0.2, 0.25) is 0 Å². The van der Waals surface area contributed by atoms with Gasteiger partial charge in [0.05, 0.1) is 11.0 Å². The first-order valence-corrected chi connectivity index (χ1v) is 8.40. The molecule has 0 radical (unpaired) electrons. The maximum Gasteiger partial charge on any atom is 0.269 e. The van der Waals surface area contributed by atoms with Gasteiger partial charge in [0.25, 0.3) is 5.69 Å². The van der Waals surface area contributed by atoms with Crippen molar-refractivity contribution in [1.29, 1.82) is 0 Å². The predicted molar refractivity (Wildman–Crippen MR) is 74.8 cm³/mol. The maximum absolute atomic E-state index is 10.5. The highest BCUT2D eigenvalue weighted by atomic mass is 32.5. The van der Waals surface area contributed by atoms with Crippen molar-refractivity contribution < 1.29 is 14.0 Å². The van der Waals surface area contributed by atoms with E-state index in [9.17, 15) is 10.1 Å². The lowest BCUT2D eigenvalue weighted by atomic mass is 10.3. The zero-order valence-electron chi connectivity index (χ0n) is 10.5. The molecule has 1 atom stereocenters. The second kappa shape index (κ2) is 6.27. The molecule has 1 aromatic carbocycles. The molecular weight excluding hydrogens is 273 g/mol. The summed E-state index contributed by atoms with van der Waals surface area (Å²) in [5, 5.41) is 10.5. The number of benzene rings is 1. The van der Waals surface area contributed by atoms with Crippen LogP contribution in [0.25, 0.3) is 0 Å². The molecule has 1 unspecified atom stereocenters. The highest BCUT2D eigenvalue weighted by Gasteiger charge is 2.20. The van der Waals surface area contributed by atoms with Crippen LogP contribution >= 0.6 is 6.49 Å². The number of non-ortho nitro benzene ring substituents is 1. The Morgan fingerprint density at radius 1 is 1.39 bits per heavy atom. The average Bonchev–Trinajstić information content (AvgIpc) is 2.28. The zero-order chi connectivity index (χ0) is 13.8. The van der Waals surface area contributed by atoms with E-state index in [0.29, 0.717) is 11.9 Å². The second-order valence-electron chi connectivity index (χ2n) is 3.92. The van der Waals surface area contributed by atoms with Crippen molar-refractivity contribution in [3.8, 4) is 5.75 Å². The van der Waals surface area contributed by atoms with Gasteiger partial charge in [-0.3, -0.25) is 10.1 Å². The summed E-state index contributed by atoms with van der Waals surface area (Å²) in [5.74, 6) is 0.506. The molecule has 0 aliphatic heterocycles. The number of nitrogens with zero attached hydrogens (tertiary/aromatic N) is 1. The van der Waals surface area contributed by atoms with Gasteiger partial charge in [0.2, 0.25) is 6.49 Å². The Kier molecular flexibility index (Phi) is 5.26. The Labute approximate surface area is 111 Å². The Morgan fingerprint density at radius 2 is 1.94 bits per heavy atom. The lowest BCUT2D eigenvalue weighted by molar-refractivity contribution is -0.384. The third-order valence-electron chi connectivity index (χ3n) is 2.05. The molecule has 0 saturated carbocycles. The van der Waals surface area contributed by atoms with Gasteiger partial charge in [-0.1, -0.05) is 6.92 Å². The molecule has 1 aromatic rings. The summed E-state index contributed by atoms with van der Waals surface area (Å²) in [6.07, 6.45) is 0.603. The fourth-order valence-corrected chi connectivity index (χ4v) is 3.45. The van der Waals surface area contributed by atoms with E-state index in [1.807, 2.05) is 20.8 Å². The van der Waals surface area contributed by atoms with Crippen LogP contribution in [0.5, 0.6) is 5.75 Å². The summed E-state index contributed by atoms with van der Waals surface area (Å²) in [6.45, 7) is 3.36. The van der Waals surface area contributed by atoms with Crippen LogP contribution in [-0.2, 0) is 16.3 Å². The SMILES string of the molecule is CCP(=S)(Oc1ccc([N+](=O)[O-])cc1)OC(C)C. The Hall–Kier alpha value is -0.970. The molecule has 0 amide bonds. The first-order chi connectivity index (χ1) is 8.36. The van der Waals surface area contributed by atoms with Gasteiger partial charge in [-0.15, -0.1) is 0 Å². The summed E-state index contributed by atoms with van der Waals surface area (Å²) in [6, 6.07) is 5.86. The van der Waals surface area contributed by atoms with Crippen LogP contribution in [0.4, 0.5) is 5.69 Å². The molecule has 0 aliphatic rings. The smallest absolute Gasteiger partial charge is 0.269 e. The first-order valence-electron chi connectivity index (χ1n) is 5.58. The molecule has 0 heterocycles. The Balaban J connectivity index is 2.82. The minimum Gasteiger partial charge on any atom is -0.443 e. The fourth-order valence-electron chi connectivity index (χ4n) is 1.27. The number of hydrogen-bond donors (Lipinski definition) is 0. The number of rotatable bonds is 6. The molecule has 1 rings (SSSR count). The van der Waals surface area contributed by atoms with Gasteiger partial charge in [-0.05, 0) is 37.8 Å². The van der Waals surface area contributed by atoms with Crippen molar-refractivity contribution in [3.05, 3.63) is 34.4 Å². The van der Waals surface area contributed by atoms with E-state index >= 15 is 0 Å². The zero-order valence-corrected chi connectivity index (χ0v) is 12.2. The van der Waals surface area contributed by atoms with E-state index in [-0.39, 0.29) is 11.8 Å². The molecule has 100 valence electrons. The minimum absolute atomic E-state index is 0.00571. The molecule has 0 aromatic heterocycles. The number of hydrogen-bond acceptors (Lipinski definition) is 5. The van der Waals surface area contributed by atoms with Gasteiger partial charge in [0, 0.05) is 18.3 Å². The molecular formula is C11H16NO4PS. The average molecular weight is 289 g/mol. The van der Waals surface area contributed by atoms with Crippen molar-refractivity contribution in [3.63, 3.8) is 0 Å². The summed E-state index contributed by atoms with van der Waals surface area (Å²) in [4.78, 5) is 10.1. The summed E-state index contributed by atoms with van der Waals surface area (Å²) in [7, 11) is 0. The van der Waals surface area contributed by atoms with E-state index in [1.165, 1.54) is 12.1 Å². The monoisotopic (exact) mass is 289 g/mol. The lowest BCUT2D eigenvalue weighted by Crippen LogP contribution is -2.06. The van der Waals surface area contributed by atoms with Crippen LogP contribution in [0.15, 0.2) is 24.3 Å². The first kappa shape index (κ1) is 15.1. The summed E-state index contributed by atoms with van der Waals surface area (Å²) in [5.41, 5.74) is 0.0249. The van der Waals surface area contributed by atoms with Crippen molar-refractivity contribution >= 4 is 24.0 Å². The van der Waals surface area contributed by atoms with E-state index < -0.39 is 11.4 Å². The molecule has 0 fully saturated rings. The molecule has 5 nitrogen and oxygen atoms in total. The minimum atomic E-state index is -2.35. The van der Waals surface area contributed by atoms with Crippen LogP contribution in [0, 0.1) is 10.1 Å². The van der Waals surface area contributed by atoms with E-state index in [2.05, 4.69) is 0 Å². The standard InChI is InChI=1S/C11H16NO4PS/c1-4-17(18,15-9(2)3)16-11-7-5-10(6-8-11)12(13)14/h5-9H,4H2,1-3H3. The van der Waals surface area contributed by atoms with Crippen molar-refractivity contribution in [2.45, 2.75) is 26.9 Å². The van der Waals surface area contributed by atoms with Crippen LogP contribution in [0.3, 0.4) is 0 Å². The maximum atomic E-state index is 10.5. The number of nitro groups is 1. The largest absolute Gasteiger partial charge is 0.443 e. The van der Waals surface area contributed by atoms with Crippen LogP contribution < -0.4 is 4.52 Å². The Morgan fingerprint density at radius 3 is 2.33 bits per heavy atom. The van der Waals surface area contributed by atoms with Gasteiger partial charge in [-0.2, -0.15) is 0 Å². The van der Waals surface area contributed by atoms with Crippen LogP contribution in [-0.4, -0.2) is 17.2 Å². The van der Waals surface area contributed by atoms with Gasteiger partial charge >= 0.3 is 0 Å².